The minimum atomic E-state index is -0.0180. The second-order valence-corrected chi connectivity index (χ2v) is 8.29. The molecule has 0 saturated carbocycles. The molecule has 5 nitrogen and oxygen atoms in total. The Morgan fingerprint density at radius 3 is 2.53 bits per heavy atom. The molecule has 3 aromatic rings. The van der Waals surface area contributed by atoms with Gasteiger partial charge in [-0.05, 0) is 48.7 Å². The van der Waals surface area contributed by atoms with E-state index in [-0.39, 0.29) is 5.91 Å². The minimum Gasteiger partial charge on any atom is -0.467 e. The molecule has 1 aliphatic heterocycles. The van der Waals surface area contributed by atoms with Crippen LogP contribution in [-0.4, -0.2) is 38.0 Å². The van der Waals surface area contributed by atoms with Gasteiger partial charge in [0.25, 0.3) is 5.91 Å². The van der Waals surface area contributed by atoms with Gasteiger partial charge in [-0.25, -0.2) is 0 Å². The Balaban J connectivity index is 1.48. The third kappa shape index (κ3) is 3.92. The minimum absolute atomic E-state index is 0.0180. The number of rotatable bonds is 6. The van der Waals surface area contributed by atoms with Crippen molar-refractivity contribution in [2.24, 2.45) is 0 Å². The summed E-state index contributed by atoms with van der Waals surface area (Å²) >= 11 is 0. The lowest BCUT2D eigenvalue weighted by atomic mass is 10.1. The smallest absolute Gasteiger partial charge is 0.257 e. The lowest BCUT2D eigenvalue weighted by Crippen LogP contribution is -2.31. The van der Waals surface area contributed by atoms with Crippen LogP contribution in [0.1, 0.15) is 34.2 Å². The van der Waals surface area contributed by atoms with Crippen LogP contribution in [0.2, 0.25) is 0 Å². The summed E-state index contributed by atoms with van der Waals surface area (Å²) in [5, 5.41) is 0. The topological polar surface area (TPSA) is 39.9 Å². The normalized spacial score (nSPS) is 15.2. The lowest BCUT2D eigenvalue weighted by molar-refractivity contribution is 0.0782. The van der Waals surface area contributed by atoms with Gasteiger partial charge in [-0.1, -0.05) is 30.3 Å². The number of fused-ring (bicyclic) bond motifs is 1. The molecule has 0 aliphatic carbocycles. The highest BCUT2D eigenvalue weighted by Crippen LogP contribution is 2.33. The number of amides is 1. The van der Waals surface area contributed by atoms with Crippen molar-refractivity contribution < 1.29 is 9.21 Å². The molecule has 4 rings (SSSR count). The standard InChI is InChI=1S/C25H29N3O2/c1-18-15-20-7-5-6-8-23(20)28(18)17-24-22(13-14-30-24)25(29)27(4)16-19-9-11-21(12-10-19)26(2)3/h5-14,18H,15-17H2,1-4H3. The van der Waals surface area contributed by atoms with E-state index in [1.54, 1.807) is 17.2 Å². The van der Waals surface area contributed by atoms with Gasteiger partial charge in [-0.2, -0.15) is 0 Å². The molecular formula is C25H29N3O2. The molecule has 0 N–H and O–H groups in total. The molecular weight excluding hydrogens is 374 g/mol. The van der Waals surface area contributed by atoms with E-state index in [1.807, 2.05) is 21.1 Å². The highest BCUT2D eigenvalue weighted by atomic mass is 16.3. The quantitative estimate of drug-likeness (QED) is 0.605. The van der Waals surface area contributed by atoms with E-state index in [2.05, 4.69) is 65.3 Å². The predicted molar refractivity (Wildman–Crippen MR) is 121 cm³/mol. The second-order valence-electron chi connectivity index (χ2n) is 8.29. The third-order valence-corrected chi connectivity index (χ3v) is 5.86. The summed E-state index contributed by atoms with van der Waals surface area (Å²) in [5.41, 5.74) is 5.46. The van der Waals surface area contributed by atoms with E-state index in [0.717, 1.165) is 23.4 Å². The highest BCUT2D eigenvalue weighted by molar-refractivity contribution is 5.95. The molecule has 0 bridgehead atoms. The molecule has 0 spiro atoms. The third-order valence-electron chi connectivity index (χ3n) is 5.86. The van der Waals surface area contributed by atoms with Crippen LogP contribution in [0.5, 0.6) is 0 Å². The second kappa shape index (κ2) is 8.27. The summed E-state index contributed by atoms with van der Waals surface area (Å²) in [7, 11) is 5.88. The van der Waals surface area contributed by atoms with Crippen LogP contribution in [0.15, 0.2) is 65.3 Å². The summed E-state index contributed by atoms with van der Waals surface area (Å²) < 4.78 is 5.76. The van der Waals surface area contributed by atoms with Crippen molar-refractivity contribution in [1.29, 1.82) is 0 Å². The molecule has 2 heterocycles. The number of carbonyl (C=O) groups is 1. The zero-order valence-electron chi connectivity index (χ0n) is 18.1. The van der Waals surface area contributed by atoms with Gasteiger partial charge in [0.2, 0.25) is 0 Å². The molecule has 0 radical (unpaired) electrons. The first-order valence-corrected chi connectivity index (χ1v) is 10.4. The van der Waals surface area contributed by atoms with E-state index in [0.29, 0.717) is 24.7 Å². The van der Waals surface area contributed by atoms with Crippen LogP contribution in [0.4, 0.5) is 11.4 Å². The molecule has 2 aromatic carbocycles. The first-order chi connectivity index (χ1) is 14.4. The van der Waals surface area contributed by atoms with Gasteiger partial charge < -0.3 is 19.1 Å². The molecule has 1 unspecified atom stereocenters. The molecule has 1 atom stereocenters. The first kappa shape index (κ1) is 20.1. The summed E-state index contributed by atoms with van der Waals surface area (Å²) in [6.07, 6.45) is 2.64. The van der Waals surface area contributed by atoms with Crippen molar-refractivity contribution >= 4 is 17.3 Å². The zero-order chi connectivity index (χ0) is 21.3. The van der Waals surface area contributed by atoms with Gasteiger partial charge in [0.15, 0.2) is 0 Å². The maximum Gasteiger partial charge on any atom is 0.257 e. The number of carbonyl (C=O) groups excluding carboxylic acids is 1. The van der Waals surface area contributed by atoms with E-state index in [9.17, 15) is 4.79 Å². The number of anilines is 2. The predicted octanol–water partition coefficient (Wildman–Crippen LogP) is 4.57. The van der Waals surface area contributed by atoms with Gasteiger partial charge in [-0.3, -0.25) is 4.79 Å². The fourth-order valence-electron chi connectivity index (χ4n) is 4.13. The SMILES string of the molecule is CC1Cc2ccccc2N1Cc1occc1C(=O)N(C)Cc1ccc(N(C)C)cc1. The maximum absolute atomic E-state index is 13.1. The van der Waals surface area contributed by atoms with Crippen molar-refractivity contribution in [2.45, 2.75) is 32.5 Å². The number of para-hydroxylation sites is 1. The van der Waals surface area contributed by atoms with Gasteiger partial charge in [0, 0.05) is 45.1 Å². The van der Waals surface area contributed by atoms with Crippen molar-refractivity contribution in [3.05, 3.63) is 83.3 Å². The van der Waals surface area contributed by atoms with Crippen LogP contribution in [-0.2, 0) is 19.5 Å². The molecule has 1 aromatic heterocycles. The maximum atomic E-state index is 13.1. The van der Waals surface area contributed by atoms with Crippen molar-refractivity contribution in [3.8, 4) is 0 Å². The summed E-state index contributed by atoms with van der Waals surface area (Å²) in [6.45, 7) is 3.37. The fraction of sp³-hybridized carbons (Fsp3) is 0.320. The molecule has 0 saturated heterocycles. The first-order valence-electron chi connectivity index (χ1n) is 10.4. The van der Waals surface area contributed by atoms with Crippen LogP contribution in [0.25, 0.3) is 0 Å². The molecule has 5 heteroatoms. The van der Waals surface area contributed by atoms with Crippen molar-refractivity contribution in [2.75, 3.05) is 30.9 Å². The van der Waals surface area contributed by atoms with E-state index >= 15 is 0 Å². The van der Waals surface area contributed by atoms with E-state index in [4.69, 9.17) is 4.42 Å². The van der Waals surface area contributed by atoms with Crippen LogP contribution >= 0.6 is 0 Å². The molecule has 30 heavy (non-hydrogen) atoms. The summed E-state index contributed by atoms with van der Waals surface area (Å²) in [6, 6.07) is 18.9. The van der Waals surface area contributed by atoms with Crippen molar-refractivity contribution in [1.82, 2.24) is 4.90 Å². The van der Waals surface area contributed by atoms with Crippen LogP contribution in [0.3, 0.4) is 0 Å². The van der Waals surface area contributed by atoms with E-state index < -0.39 is 0 Å². The number of hydrogen-bond acceptors (Lipinski definition) is 4. The number of hydrogen-bond donors (Lipinski definition) is 0. The van der Waals surface area contributed by atoms with Crippen LogP contribution in [0, 0.1) is 0 Å². The Bertz CT molecular complexity index is 1020. The van der Waals surface area contributed by atoms with Crippen molar-refractivity contribution in [3.63, 3.8) is 0 Å². The van der Waals surface area contributed by atoms with Gasteiger partial charge >= 0.3 is 0 Å². The Kier molecular flexibility index (Phi) is 5.53. The number of benzene rings is 2. The Labute approximate surface area is 178 Å². The molecule has 1 amide bonds. The summed E-state index contributed by atoms with van der Waals surface area (Å²) in [5.74, 6) is 0.703. The Hall–Kier alpha value is -3.21. The largest absolute Gasteiger partial charge is 0.467 e. The zero-order valence-corrected chi connectivity index (χ0v) is 18.1. The van der Waals surface area contributed by atoms with Gasteiger partial charge in [0.1, 0.15) is 5.76 Å². The Morgan fingerprint density at radius 1 is 1.07 bits per heavy atom. The van der Waals surface area contributed by atoms with E-state index in [1.165, 1.54) is 11.3 Å². The highest BCUT2D eigenvalue weighted by Gasteiger charge is 2.28. The Morgan fingerprint density at radius 2 is 1.80 bits per heavy atom. The average Bonchev–Trinajstić information content (AvgIpc) is 3.32. The van der Waals surface area contributed by atoms with Crippen LogP contribution < -0.4 is 9.80 Å². The fourth-order valence-corrected chi connectivity index (χ4v) is 4.13. The molecule has 0 fully saturated rings. The van der Waals surface area contributed by atoms with Gasteiger partial charge in [-0.15, -0.1) is 0 Å². The molecule has 156 valence electrons. The molecule has 1 aliphatic rings. The monoisotopic (exact) mass is 403 g/mol. The lowest BCUT2D eigenvalue weighted by Gasteiger charge is -2.25. The summed E-state index contributed by atoms with van der Waals surface area (Å²) in [4.78, 5) is 19.3. The number of nitrogens with zero attached hydrogens (tertiary/aromatic N) is 3. The van der Waals surface area contributed by atoms with Gasteiger partial charge in [0.05, 0.1) is 18.4 Å². The average molecular weight is 404 g/mol. The number of furan rings is 1.